The average Bonchev–Trinajstić information content (AvgIpc) is 2.97. The van der Waals surface area contributed by atoms with Gasteiger partial charge in [0.1, 0.15) is 6.26 Å². The van der Waals surface area contributed by atoms with Crippen LogP contribution in [0, 0.1) is 5.92 Å². The van der Waals surface area contributed by atoms with Crippen LogP contribution in [0.5, 0.6) is 0 Å². The van der Waals surface area contributed by atoms with E-state index in [2.05, 4.69) is 24.1 Å². The van der Waals surface area contributed by atoms with E-state index in [0.29, 0.717) is 17.5 Å². The lowest BCUT2D eigenvalue weighted by Crippen LogP contribution is -2.41. The number of aromatic nitrogens is 1. The minimum atomic E-state index is -0.222. The summed E-state index contributed by atoms with van der Waals surface area (Å²) in [7, 11) is 0. The van der Waals surface area contributed by atoms with Crippen molar-refractivity contribution in [3.63, 3.8) is 0 Å². The van der Waals surface area contributed by atoms with Gasteiger partial charge in [0, 0.05) is 6.04 Å². The van der Waals surface area contributed by atoms with Crippen LogP contribution >= 0.6 is 0 Å². The third-order valence-electron chi connectivity index (χ3n) is 4.37. The highest BCUT2D eigenvalue weighted by Gasteiger charge is 2.25. The van der Waals surface area contributed by atoms with Gasteiger partial charge >= 0.3 is 0 Å². The highest BCUT2D eigenvalue weighted by Crippen LogP contribution is 2.24. The zero-order chi connectivity index (χ0) is 15.2. The Kier molecular flexibility index (Phi) is 5.79. The van der Waals surface area contributed by atoms with Crippen molar-refractivity contribution in [1.82, 2.24) is 10.3 Å². The van der Waals surface area contributed by atoms with Gasteiger partial charge in [-0.05, 0) is 25.2 Å². The number of nitrogens with one attached hydrogen (secondary N) is 1. The maximum Gasteiger partial charge on any atom is 0.273 e. The van der Waals surface area contributed by atoms with E-state index in [-0.39, 0.29) is 18.0 Å². The van der Waals surface area contributed by atoms with Gasteiger partial charge in [0.2, 0.25) is 5.89 Å². The SMILES string of the molecule is CCCCC(N)c1nc(C(=O)NC2CCCCC2C)co1. The molecule has 1 amide bonds. The first-order chi connectivity index (χ1) is 10.1. The first-order valence-corrected chi connectivity index (χ1v) is 8.13. The van der Waals surface area contributed by atoms with Gasteiger partial charge in [-0.15, -0.1) is 0 Å². The van der Waals surface area contributed by atoms with E-state index in [9.17, 15) is 4.79 Å². The lowest BCUT2D eigenvalue weighted by molar-refractivity contribution is 0.0905. The first-order valence-electron chi connectivity index (χ1n) is 8.13. The van der Waals surface area contributed by atoms with Gasteiger partial charge in [0.15, 0.2) is 5.69 Å². The largest absolute Gasteiger partial charge is 0.446 e. The molecule has 1 fully saturated rings. The standard InChI is InChI=1S/C16H27N3O2/c1-3-4-8-12(17)16-19-14(10-21-16)15(20)18-13-9-6-5-7-11(13)2/h10-13H,3-9,17H2,1-2H3,(H,18,20). The molecule has 1 heterocycles. The van der Waals surface area contributed by atoms with Gasteiger partial charge in [-0.3, -0.25) is 4.79 Å². The second kappa shape index (κ2) is 7.59. The maximum absolute atomic E-state index is 12.2. The Balaban J connectivity index is 1.92. The van der Waals surface area contributed by atoms with Crippen LogP contribution in [0.25, 0.3) is 0 Å². The molecule has 1 aliphatic rings. The molecule has 1 aromatic rings. The van der Waals surface area contributed by atoms with E-state index in [1.165, 1.54) is 25.5 Å². The zero-order valence-corrected chi connectivity index (χ0v) is 13.1. The number of nitrogens with zero attached hydrogens (tertiary/aromatic N) is 1. The van der Waals surface area contributed by atoms with Crippen LogP contribution in [-0.2, 0) is 0 Å². The summed E-state index contributed by atoms with van der Waals surface area (Å²) in [4.78, 5) is 16.5. The Morgan fingerprint density at radius 1 is 1.52 bits per heavy atom. The summed E-state index contributed by atoms with van der Waals surface area (Å²) in [6, 6.07) is 0.0280. The summed E-state index contributed by atoms with van der Waals surface area (Å²) in [5.41, 5.74) is 6.36. The molecule has 1 aliphatic carbocycles. The number of hydrogen-bond acceptors (Lipinski definition) is 4. The van der Waals surface area contributed by atoms with Gasteiger partial charge in [0.25, 0.3) is 5.91 Å². The average molecular weight is 293 g/mol. The fourth-order valence-electron chi connectivity index (χ4n) is 2.88. The molecule has 3 N–H and O–H groups in total. The van der Waals surface area contributed by atoms with Crippen LogP contribution in [0.15, 0.2) is 10.7 Å². The molecule has 0 bridgehead atoms. The molecule has 0 radical (unpaired) electrons. The van der Waals surface area contributed by atoms with Crippen LogP contribution in [-0.4, -0.2) is 16.9 Å². The van der Waals surface area contributed by atoms with Crippen LogP contribution in [0.4, 0.5) is 0 Å². The summed E-state index contributed by atoms with van der Waals surface area (Å²) < 4.78 is 5.36. The van der Waals surface area contributed by atoms with Crippen molar-refractivity contribution in [3.05, 3.63) is 17.8 Å². The summed E-state index contributed by atoms with van der Waals surface area (Å²) in [6.07, 6.45) is 9.04. The molecule has 1 aromatic heterocycles. The van der Waals surface area contributed by atoms with Crippen LogP contribution < -0.4 is 11.1 Å². The van der Waals surface area contributed by atoms with E-state index < -0.39 is 0 Å². The molecule has 5 nitrogen and oxygen atoms in total. The minimum Gasteiger partial charge on any atom is -0.446 e. The van der Waals surface area contributed by atoms with Crippen molar-refractivity contribution >= 4 is 5.91 Å². The molecular formula is C16H27N3O2. The molecule has 1 saturated carbocycles. The molecule has 3 atom stereocenters. The summed E-state index contributed by atoms with van der Waals surface area (Å²) in [5.74, 6) is 0.845. The number of nitrogens with two attached hydrogens (primary N) is 1. The molecule has 3 unspecified atom stereocenters. The Hall–Kier alpha value is -1.36. The predicted octanol–water partition coefficient (Wildman–Crippen LogP) is 3.17. The Labute approximate surface area is 126 Å². The van der Waals surface area contributed by atoms with Crippen molar-refractivity contribution in [2.24, 2.45) is 11.7 Å². The second-order valence-electron chi connectivity index (χ2n) is 6.16. The van der Waals surface area contributed by atoms with Gasteiger partial charge < -0.3 is 15.5 Å². The second-order valence-corrected chi connectivity index (χ2v) is 6.16. The summed E-state index contributed by atoms with van der Waals surface area (Å²) in [6.45, 7) is 4.31. The lowest BCUT2D eigenvalue weighted by Gasteiger charge is -2.29. The number of hydrogen-bond donors (Lipinski definition) is 2. The molecule has 5 heteroatoms. The van der Waals surface area contributed by atoms with Gasteiger partial charge in [-0.1, -0.05) is 39.5 Å². The Morgan fingerprint density at radius 2 is 2.29 bits per heavy atom. The van der Waals surface area contributed by atoms with Crippen LogP contribution in [0.3, 0.4) is 0 Å². The van der Waals surface area contributed by atoms with Crippen LogP contribution in [0.2, 0.25) is 0 Å². The fourth-order valence-corrected chi connectivity index (χ4v) is 2.88. The number of carbonyl (C=O) groups excluding carboxylic acids is 1. The van der Waals surface area contributed by atoms with E-state index in [4.69, 9.17) is 10.2 Å². The number of unbranched alkanes of at least 4 members (excludes halogenated alkanes) is 1. The smallest absolute Gasteiger partial charge is 0.273 e. The quantitative estimate of drug-likeness (QED) is 0.844. The van der Waals surface area contributed by atoms with Crippen LogP contribution in [0.1, 0.15) is 81.2 Å². The van der Waals surface area contributed by atoms with E-state index in [1.54, 1.807) is 0 Å². The predicted molar refractivity (Wildman–Crippen MR) is 81.8 cm³/mol. The normalized spacial score (nSPS) is 23.8. The molecule has 0 aliphatic heterocycles. The van der Waals surface area contributed by atoms with Gasteiger partial charge in [-0.2, -0.15) is 0 Å². The maximum atomic E-state index is 12.2. The van der Waals surface area contributed by atoms with E-state index >= 15 is 0 Å². The third kappa shape index (κ3) is 4.30. The molecule has 0 saturated heterocycles. The minimum absolute atomic E-state index is 0.147. The summed E-state index contributed by atoms with van der Waals surface area (Å²) >= 11 is 0. The number of rotatable bonds is 6. The first kappa shape index (κ1) is 16.0. The van der Waals surface area contributed by atoms with Crippen molar-refractivity contribution in [1.29, 1.82) is 0 Å². The zero-order valence-electron chi connectivity index (χ0n) is 13.1. The van der Waals surface area contributed by atoms with Crippen molar-refractivity contribution in [2.45, 2.75) is 70.9 Å². The molecule has 21 heavy (non-hydrogen) atoms. The Bertz CT molecular complexity index is 458. The molecule has 0 aromatic carbocycles. The fraction of sp³-hybridized carbons (Fsp3) is 0.750. The number of carbonyl (C=O) groups is 1. The molecule has 118 valence electrons. The number of amides is 1. The molecule has 2 rings (SSSR count). The van der Waals surface area contributed by atoms with E-state index in [1.807, 2.05) is 0 Å². The van der Waals surface area contributed by atoms with E-state index in [0.717, 1.165) is 25.7 Å². The van der Waals surface area contributed by atoms with Crippen molar-refractivity contribution in [3.8, 4) is 0 Å². The monoisotopic (exact) mass is 293 g/mol. The highest BCUT2D eigenvalue weighted by molar-refractivity contribution is 5.92. The van der Waals surface area contributed by atoms with Crippen molar-refractivity contribution < 1.29 is 9.21 Å². The Morgan fingerprint density at radius 3 is 3.00 bits per heavy atom. The topological polar surface area (TPSA) is 81.1 Å². The molecular weight excluding hydrogens is 266 g/mol. The third-order valence-corrected chi connectivity index (χ3v) is 4.37. The van der Waals surface area contributed by atoms with Crippen molar-refractivity contribution in [2.75, 3.05) is 0 Å². The highest BCUT2D eigenvalue weighted by atomic mass is 16.3. The number of oxazole rings is 1. The van der Waals surface area contributed by atoms with Gasteiger partial charge in [-0.25, -0.2) is 4.98 Å². The molecule has 0 spiro atoms. The van der Waals surface area contributed by atoms with Gasteiger partial charge in [0.05, 0.1) is 6.04 Å². The lowest BCUT2D eigenvalue weighted by atomic mass is 9.86. The summed E-state index contributed by atoms with van der Waals surface area (Å²) in [5, 5.41) is 3.08.